The molecule has 3 aliphatic carbocycles. The quantitative estimate of drug-likeness (QED) is 0.615. The molecule has 0 aromatic heterocycles. The van der Waals surface area contributed by atoms with Crippen LogP contribution in [0.3, 0.4) is 0 Å². The van der Waals surface area contributed by atoms with E-state index >= 15 is 0 Å². The third-order valence-corrected chi connectivity index (χ3v) is 5.57. The van der Waals surface area contributed by atoms with Crippen LogP contribution in [0.5, 0.6) is 0 Å². The summed E-state index contributed by atoms with van der Waals surface area (Å²) in [4.78, 5) is 0. The van der Waals surface area contributed by atoms with E-state index in [0.29, 0.717) is 0 Å². The summed E-state index contributed by atoms with van der Waals surface area (Å²) in [7, 11) is 0. The predicted octanol–water partition coefficient (Wildman–Crippen LogP) is 5.17. The van der Waals surface area contributed by atoms with Gasteiger partial charge in [0.05, 0.1) is 0 Å². The van der Waals surface area contributed by atoms with Crippen molar-refractivity contribution >= 4 is 0 Å². The molecule has 16 heavy (non-hydrogen) atoms. The van der Waals surface area contributed by atoms with Crippen molar-refractivity contribution in [1.82, 2.24) is 0 Å². The van der Waals surface area contributed by atoms with Gasteiger partial charge in [0.1, 0.15) is 0 Å². The van der Waals surface area contributed by atoms with Gasteiger partial charge in [-0.15, -0.1) is 0 Å². The van der Waals surface area contributed by atoms with Gasteiger partial charge in [-0.25, -0.2) is 0 Å². The van der Waals surface area contributed by atoms with Crippen LogP contribution < -0.4 is 0 Å². The summed E-state index contributed by atoms with van der Waals surface area (Å²) in [6.45, 7) is 0. The van der Waals surface area contributed by atoms with E-state index in [-0.39, 0.29) is 0 Å². The molecule has 0 heterocycles. The lowest BCUT2D eigenvalue weighted by Gasteiger charge is -2.36. The van der Waals surface area contributed by atoms with E-state index in [1.807, 2.05) is 0 Å². The maximum absolute atomic E-state index is 1.59. The lowest BCUT2D eigenvalue weighted by molar-refractivity contribution is 0.161. The van der Waals surface area contributed by atoms with E-state index in [9.17, 15) is 0 Å². The lowest BCUT2D eigenvalue weighted by Crippen LogP contribution is -2.23. The van der Waals surface area contributed by atoms with Gasteiger partial charge >= 0.3 is 0 Å². The molecule has 0 nitrogen and oxygen atoms in total. The number of hydrogen-bond acceptors (Lipinski definition) is 0. The molecule has 3 saturated carbocycles. The van der Waals surface area contributed by atoms with Crippen LogP contribution in [-0.2, 0) is 0 Å². The normalized spacial score (nSPS) is 37.5. The van der Waals surface area contributed by atoms with Crippen LogP contribution in [0.1, 0.15) is 77.0 Å². The topological polar surface area (TPSA) is 0 Å². The molecule has 0 heteroatoms. The fraction of sp³-hybridized carbons (Fsp3) is 1.00. The van der Waals surface area contributed by atoms with Gasteiger partial charge in [-0.1, -0.05) is 57.8 Å². The standard InChI is InChI=1S/C16H28/c1-2-4-15(5-3-1)16-10-8-14(9-11-16)12-13-6-7-13/h13-16H,1-12H2. The summed E-state index contributed by atoms with van der Waals surface area (Å²) in [6.07, 6.45) is 18.8. The molecule has 0 unspecified atom stereocenters. The van der Waals surface area contributed by atoms with Crippen molar-refractivity contribution in [2.24, 2.45) is 23.7 Å². The first-order chi connectivity index (χ1) is 7.92. The van der Waals surface area contributed by atoms with Crippen molar-refractivity contribution in [3.63, 3.8) is 0 Å². The lowest BCUT2D eigenvalue weighted by atomic mass is 9.70. The molecule has 0 aliphatic heterocycles. The Bertz CT molecular complexity index is 202. The summed E-state index contributed by atoms with van der Waals surface area (Å²) in [5.41, 5.74) is 0. The molecule has 92 valence electrons. The van der Waals surface area contributed by atoms with Gasteiger partial charge in [0.25, 0.3) is 0 Å². The highest BCUT2D eigenvalue weighted by atomic mass is 14.4. The molecule has 0 saturated heterocycles. The molecular weight excluding hydrogens is 192 g/mol. The van der Waals surface area contributed by atoms with Gasteiger partial charge in [0.2, 0.25) is 0 Å². The SMILES string of the molecule is C1CCC(C2CCC(CC3CC3)CC2)CC1. The minimum absolute atomic E-state index is 1.13. The Balaban J connectivity index is 1.42. The average Bonchev–Trinajstić information content (AvgIpc) is 3.15. The fourth-order valence-electron chi connectivity index (χ4n) is 4.33. The van der Waals surface area contributed by atoms with Gasteiger partial charge in [-0.3, -0.25) is 0 Å². The zero-order valence-electron chi connectivity index (χ0n) is 10.8. The Morgan fingerprint density at radius 3 is 1.56 bits per heavy atom. The van der Waals surface area contributed by atoms with Gasteiger partial charge in [0, 0.05) is 0 Å². The summed E-state index contributed by atoms with van der Waals surface area (Å²) in [6, 6.07) is 0. The molecule has 0 N–H and O–H groups in total. The minimum Gasteiger partial charge on any atom is -0.0533 e. The monoisotopic (exact) mass is 220 g/mol. The smallest absolute Gasteiger partial charge is 0.0386 e. The molecule has 0 amide bonds. The molecule has 0 radical (unpaired) electrons. The van der Waals surface area contributed by atoms with Crippen molar-refractivity contribution in [3.8, 4) is 0 Å². The summed E-state index contributed by atoms with van der Waals surface area (Å²) in [5, 5.41) is 0. The zero-order chi connectivity index (χ0) is 10.8. The molecule has 0 aromatic carbocycles. The summed E-state index contributed by atoms with van der Waals surface area (Å²) in [5.74, 6) is 4.56. The zero-order valence-corrected chi connectivity index (χ0v) is 10.8. The molecule has 0 spiro atoms. The van der Waals surface area contributed by atoms with E-state index in [4.69, 9.17) is 0 Å². The molecule has 0 atom stereocenters. The van der Waals surface area contributed by atoms with Crippen molar-refractivity contribution in [1.29, 1.82) is 0 Å². The Kier molecular flexibility index (Phi) is 3.54. The van der Waals surface area contributed by atoms with Crippen LogP contribution in [0.2, 0.25) is 0 Å². The Hall–Kier alpha value is 0. The van der Waals surface area contributed by atoms with Gasteiger partial charge < -0.3 is 0 Å². The first-order valence-corrected chi connectivity index (χ1v) is 7.92. The average molecular weight is 220 g/mol. The molecule has 0 aromatic rings. The van der Waals surface area contributed by atoms with Crippen molar-refractivity contribution < 1.29 is 0 Å². The van der Waals surface area contributed by atoms with Crippen LogP contribution in [0, 0.1) is 23.7 Å². The van der Waals surface area contributed by atoms with Crippen molar-refractivity contribution in [2.75, 3.05) is 0 Å². The second-order valence-corrected chi connectivity index (χ2v) is 6.86. The first-order valence-electron chi connectivity index (χ1n) is 7.92. The van der Waals surface area contributed by atoms with E-state index in [1.165, 1.54) is 19.3 Å². The maximum Gasteiger partial charge on any atom is -0.0386 e. The fourth-order valence-corrected chi connectivity index (χ4v) is 4.33. The van der Waals surface area contributed by atoms with Crippen molar-refractivity contribution in [2.45, 2.75) is 77.0 Å². The molecule has 3 rings (SSSR count). The predicted molar refractivity (Wildman–Crippen MR) is 69.4 cm³/mol. The second kappa shape index (κ2) is 5.10. The molecular formula is C16H28. The van der Waals surface area contributed by atoms with E-state index in [1.54, 1.807) is 57.8 Å². The molecule has 3 aliphatic rings. The van der Waals surface area contributed by atoms with Crippen molar-refractivity contribution in [3.05, 3.63) is 0 Å². The second-order valence-electron chi connectivity index (χ2n) is 6.86. The highest BCUT2D eigenvalue weighted by molar-refractivity contribution is 4.83. The highest BCUT2D eigenvalue weighted by Gasteiger charge is 2.31. The van der Waals surface area contributed by atoms with Gasteiger partial charge in [-0.05, 0) is 42.9 Å². The van der Waals surface area contributed by atoms with E-state index in [2.05, 4.69) is 0 Å². The van der Waals surface area contributed by atoms with Crippen LogP contribution in [0.25, 0.3) is 0 Å². The summed E-state index contributed by atoms with van der Waals surface area (Å²) < 4.78 is 0. The molecule has 0 bridgehead atoms. The van der Waals surface area contributed by atoms with Crippen LogP contribution in [0.4, 0.5) is 0 Å². The van der Waals surface area contributed by atoms with Crippen LogP contribution in [-0.4, -0.2) is 0 Å². The van der Waals surface area contributed by atoms with Gasteiger partial charge in [-0.2, -0.15) is 0 Å². The summed E-state index contributed by atoms with van der Waals surface area (Å²) >= 11 is 0. The van der Waals surface area contributed by atoms with E-state index < -0.39 is 0 Å². The Morgan fingerprint density at radius 1 is 0.500 bits per heavy atom. The largest absolute Gasteiger partial charge is 0.0533 e. The number of hydrogen-bond donors (Lipinski definition) is 0. The van der Waals surface area contributed by atoms with Crippen LogP contribution in [0.15, 0.2) is 0 Å². The Labute approximate surface area is 101 Å². The third-order valence-electron chi connectivity index (χ3n) is 5.57. The van der Waals surface area contributed by atoms with E-state index in [0.717, 1.165) is 23.7 Å². The van der Waals surface area contributed by atoms with Gasteiger partial charge in [0.15, 0.2) is 0 Å². The first kappa shape index (κ1) is 11.1. The third kappa shape index (κ3) is 2.81. The minimum atomic E-state index is 1.13. The Morgan fingerprint density at radius 2 is 1.00 bits per heavy atom. The maximum atomic E-state index is 1.59. The highest BCUT2D eigenvalue weighted by Crippen LogP contribution is 2.44. The molecule has 3 fully saturated rings. The van der Waals surface area contributed by atoms with Crippen LogP contribution >= 0.6 is 0 Å². The number of rotatable bonds is 3.